The number of para-hydroxylation sites is 1. The summed E-state index contributed by atoms with van der Waals surface area (Å²) < 4.78 is 0. The van der Waals surface area contributed by atoms with E-state index < -0.39 is 0 Å². The second-order valence-electron chi connectivity index (χ2n) is 5.14. The van der Waals surface area contributed by atoms with E-state index in [1.54, 1.807) is 11.8 Å². The van der Waals surface area contributed by atoms with Gasteiger partial charge in [0.1, 0.15) is 0 Å². The Labute approximate surface area is 123 Å². The first-order chi connectivity index (χ1) is 9.65. The number of hydrogen-bond acceptors (Lipinski definition) is 2. The molecule has 3 rings (SSSR count). The van der Waals surface area contributed by atoms with Crippen LogP contribution in [0.15, 0.2) is 53.4 Å². The van der Waals surface area contributed by atoms with Crippen molar-refractivity contribution in [3.05, 3.63) is 59.7 Å². The number of carbonyl (C=O) groups is 1. The van der Waals surface area contributed by atoms with E-state index in [-0.39, 0.29) is 11.2 Å². The van der Waals surface area contributed by atoms with Gasteiger partial charge in [-0.1, -0.05) is 42.0 Å². The number of thioether (sulfide) groups is 1. The monoisotopic (exact) mass is 283 g/mol. The average Bonchev–Trinajstić information content (AvgIpc) is 2.46. The van der Waals surface area contributed by atoms with Gasteiger partial charge in [-0.05, 0) is 31.5 Å². The Morgan fingerprint density at radius 2 is 1.80 bits per heavy atom. The van der Waals surface area contributed by atoms with Crippen LogP contribution in [0.4, 0.5) is 5.69 Å². The molecule has 0 bridgehead atoms. The molecular weight excluding hydrogens is 266 g/mol. The molecule has 0 radical (unpaired) electrons. The van der Waals surface area contributed by atoms with Crippen molar-refractivity contribution >= 4 is 23.4 Å². The predicted molar refractivity (Wildman–Crippen MR) is 84.1 cm³/mol. The molecular formula is C17H17NOS. The maximum absolute atomic E-state index is 12.5. The summed E-state index contributed by atoms with van der Waals surface area (Å²) in [6.07, 6.45) is 0. The SMILES string of the molecule is Cc1ccc(CN2C(=O)C(C)Sc3ccccc32)cc1. The van der Waals surface area contributed by atoms with E-state index in [1.165, 1.54) is 10.5 Å². The molecule has 0 aromatic heterocycles. The molecule has 0 saturated heterocycles. The largest absolute Gasteiger partial charge is 0.306 e. The number of amides is 1. The third-order valence-corrected chi connectivity index (χ3v) is 4.69. The highest BCUT2D eigenvalue weighted by atomic mass is 32.2. The molecule has 1 aliphatic rings. The lowest BCUT2D eigenvalue weighted by atomic mass is 10.1. The number of nitrogens with zero attached hydrogens (tertiary/aromatic N) is 1. The van der Waals surface area contributed by atoms with Gasteiger partial charge in [-0.25, -0.2) is 0 Å². The lowest BCUT2D eigenvalue weighted by Crippen LogP contribution is -2.39. The average molecular weight is 283 g/mol. The van der Waals surface area contributed by atoms with Crippen LogP contribution in [0.5, 0.6) is 0 Å². The lowest BCUT2D eigenvalue weighted by molar-refractivity contribution is -0.118. The van der Waals surface area contributed by atoms with Gasteiger partial charge < -0.3 is 4.90 Å². The number of fused-ring (bicyclic) bond motifs is 1. The van der Waals surface area contributed by atoms with Crippen LogP contribution in [-0.2, 0) is 11.3 Å². The molecule has 0 N–H and O–H groups in total. The highest BCUT2D eigenvalue weighted by Gasteiger charge is 2.30. The Kier molecular flexibility index (Phi) is 3.53. The van der Waals surface area contributed by atoms with Crippen molar-refractivity contribution in [1.29, 1.82) is 0 Å². The van der Waals surface area contributed by atoms with E-state index in [2.05, 4.69) is 37.3 Å². The van der Waals surface area contributed by atoms with Crippen LogP contribution in [0.25, 0.3) is 0 Å². The van der Waals surface area contributed by atoms with Gasteiger partial charge in [0.15, 0.2) is 0 Å². The quantitative estimate of drug-likeness (QED) is 0.829. The maximum atomic E-state index is 12.5. The van der Waals surface area contributed by atoms with Crippen LogP contribution in [0.3, 0.4) is 0 Å². The number of rotatable bonds is 2. The summed E-state index contributed by atoms with van der Waals surface area (Å²) in [5, 5.41) is -0.0182. The minimum atomic E-state index is -0.0182. The topological polar surface area (TPSA) is 20.3 Å². The standard InChI is InChI=1S/C17H17NOS/c1-12-7-9-14(10-8-12)11-18-15-5-3-4-6-16(15)20-13(2)17(18)19/h3-10,13H,11H2,1-2H3. The number of hydrogen-bond donors (Lipinski definition) is 0. The van der Waals surface area contributed by atoms with Gasteiger partial charge in [-0.3, -0.25) is 4.79 Å². The van der Waals surface area contributed by atoms with E-state index in [1.807, 2.05) is 30.0 Å². The summed E-state index contributed by atoms with van der Waals surface area (Å²) in [5.41, 5.74) is 3.43. The van der Waals surface area contributed by atoms with Crippen LogP contribution in [-0.4, -0.2) is 11.2 Å². The maximum Gasteiger partial charge on any atom is 0.240 e. The number of benzene rings is 2. The van der Waals surface area contributed by atoms with Crippen LogP contribution in [0.2, 0.25) is 0 Å². The summed E-state index contributed by atoms with van der Waals surface area (Å²) >= 11 is 1.65. The van der Waals surface area contributed by atoms with Crippen molar-refractivity contribution in [2.45, 2.75) is 30.5 Å². The Balaban J connectivity index is 1.95. The Morgan fingerprint density at radius 3 is 2.55 bits per heavy atom. The zero-order valence-electron chi connectivity index (χ0n) is 11.7. The van der Waals surface area contributed by atoms with Gasteiger partial charge in [0.2, 0.25) is 5.91 Å². The predicted octanol–water partition coefficient (Wildman–Crippen LogP) is 4.02. The number of aryl methyl sites for hydroxylation is 1. The lowest BCUT2D eigenvalue weighted by Gasteiger charge is -2.32. The molecule has 2 aromatic rings. The van der Waals surface area contributed by atoms with E-state index in [0.29, 0.717) is 6.54 Å². The van der Waals surface area contributed by atoms with Crippen molar-refractivity contribution < 1.29 is 4.79 Å². The minimum absolute atomic E-state index is 0.0182. The molecule has 20 heavy (non-hydrogen) atoms. The molecule has 1 heterocycles. The van der Waals surface area contributed by atoms with Crippen molar-refractivity contribution in [3.63, 3.8) is 0 Å². The fraction of sp³-hybridized carbons (Fsp3) is 0.235. The second kappa shape index (κ2) is 5.33. The molecule has 1 aliphatic heterocycles. The molecule has 1 atom stereocenters. The summed E-state index contributed by atoms with van der Waals surface area (Å²) in [6.45, 7) is 4.69. The van der Waals surface area contributed by atoms with Crippen LogP contribution in [0.1, 0.15) is 18.1 Å². The molecule has 0 aliphatic carbocycles. The Morgan fingerprint density at radius 1 is 1.10 bits per heavy atom. The molecule has 1 unspecified atom stereocenters. The summed E-state index contributed by atoms with van der Waals surface area (Å²) in [4.78, 5) is 15.6. The normalized spacial score (nSPS) is 18.0. The summed E-state index contributed by atoms with van der Waals surface area (Å²) in [7, 11) is 0. The first kappa shape index (κ1) is 13.3. The number of carbonyl (C=O) groups excluding carboxylic acids is 1. The van der Waals surface area contributed by atoms with Gasteiger partial charge >= 0.3 is 0 Å². The first-order valence-electron chi connectivity index (χ1n) is 6.78. The van der Waals surface area contributed by atoms with Gasteiger partial charge in [0.25, 0.3) is 0 Å². The van der Waals surface area contributed by atoms with Crippen molar-refractivity contribution in [1.82, 2.24) is 0 Å². The van der Waals surface area contributed by atoms with Crippen LogP contribution in [0, 0.1) is 6.92 Å². The summed E-state index contributed by atoms with van der Waals surface area (Å²) in [5.74, 6) is 0.189. The van der Waals surface area contributed by atoms with Gasteiger partial charge in [0, 0.05) is 4.90 Å². The Hall–Kier alpha value is -1.74. The van der Waals surface area contributed by atoms with Crippen molar-refractivity contribution in [2.75, 3.05) is 4.90 Å². The zero-order valence-corrected chi connectivity index (χ0v) is 12.5. The van der Waals surface area contributed by atoms with E-state index >= 15 is 0 Å². The molecule has 102 valence electrons. The fourth-order valence-electron chi connectivity index (χ4n) is 2.40. The molecule has 3 heteroatoms. The molecule has 0 fully saturated rings. The number of anilines is 1. The van der Waals surface area contributed by atoms with E-state index in [0.717, 1.165) is 11.3 Å². The van der Waals surface area contributed by atoms with Gasteiger partial charge in [-0.2, -0.15) is 0 Å². The smallest absolute Gasteiger partial charge is 0.240 e. The molecule has 0 spiro atoms. The first-order valence-corrected chi connectivity index (χ1v) is 7.66. The van der Waals surface area contributed by atoms with Gasteiger partial charge in [0.05, 0.1) is 17.5 Å². The third kappa shape index (κ3) is 2.46. The molecule has 2 nitrogen and oxygen atoms in total. The van der Waals surface area contributed by atoms with Crippen molar-refractivity contribution in [3.8, 4) is 0 Å². The minimum Gasteiger partial charge on any atom is -0.306 e. The van der Waals surface area contributed by atoms with E-state index in [9.17, 15) is 4.79 Å². The zero-order chi connectivity index (χ0) is 14.1. The van der Waals surface area contributed by atoms with Crippen LogP contribution >= 0.6 is 11.8 Å². The highest BCUT2D eigenvalue weighted by molar-refractivity contribution is 8.00. The van der Waals surface area contributed by atoms with Crippen LogP contribution < -0.4 is 4.90 Å². The highest BCUT2D eigenvalue weighted by Crippen LogP contribution is 2.39. The second-order valence-corrected chi connectivity index (χ2v) is 6.52. The Bertz CT molecular complexity index is 636. The molecule has 0 saturated carbocycles. The fourth-order valence-corrected chi connectivity index (χ4v) is 3.46. The molecule has 2 aromatic carbocycles. The van der Waals surface area contributed by atoms with E-state index in [4.69, 9.17) is 0 Å². The molecule has 1 amide bonds. The summed E-state index contributed by atoms with van der Waals surface area (Å²) in [6, 6.07) is 16.5. The van der Waals surface area contributed by atoms with Crippen molar-refractivity contribution in [2.24, 2.45) is 0 Å². The van der Waals surface area contributed by atoms with Gasteiger partial charge in [-0.15, -0.1) is 11.8 Å². The third-order valence-electron chi connectivity index (χ3n) is 3.53.